The molecule has 0 bridgehead atoms. The molecule has 0 spiro atoms. The lowest BCUT2D eigenvalue weighted by atomic mass is 10.2. The minimum absolute atomic E-state index is 0.00847. The van der Waals surface area contributed by atoms with Crippen LogP contribution in [0.1, 0.15) is 20.7 Å². The van der Waals surface area contributed by atoms with Gasteiger partial charge in [-0.3, -0.25) is 5.43 Å². The molecule has 0 saturated heterocycles. The summed E-state index contributed by atoms with van der Waals surface area (Å²) >= 11 is 0. The van der Waals surface area contributed by atoms with E-state index in [1.165, 1.54) is 36.4 Å². The number of hydrogen-bond donors (Lipinski definition) is 1. The number of nitrogens with zero attached hydrogens (tertiary/aromatic N) is 2. The van der Waals surface area contributed by atoms with Crippen molar-refractivity contribution in [1.82, 2.24) is 0 Å². The first kappa shape index (κ1) is 14.2. The summed E-state index contributed by atoms with van der Waals surface area (Å²) < 4.78 is 0. The van der Waals surface area contributed by atoms with Crippen molar-refractivity contribution in [3.8, 4) is 0 Å². The molecule has 0 radical (unpaired) electrons. The topological polar surface area (TPSA) is 117 Å². The zero-order chi connectivity index (χ0) is 15.2. The molecule has 0 amide bonds. The summed E-state index contributed by atoms with van der Waals surface area (Å²) in [6.45, 7) is 0. The van der Waals surface area contributed by atoms with Crippen molar-refractivity contribution in [3.63, 3.8) is 0 Å². The van der Waals surface area contributed by atoms with E-state index in [4.69, 9.17) is 0 Å². The van der Waals surface area contributed by atoms with Crippen LogP contribution >= 0.6 is 0 Å². The van der Waals surface area contributed by atoms with E-state index in [-0.39, 0.29) is 11.1 Å². The highest BCUT2D eigenvalue weighted by atomic mass is 16.4. The van der Waals surface area contributed by atoms with Crippen LogP contribution in [0, 0.1) is 0 Å². The number of carboxylic acid groups (broad SMARTS) is 2. The molecule has 0 aliphatic carbocycles. The highest BCUT2D eigenvalue weighted by Gasteiger charge is 1.97. The molecule has 0 atom stereocenters. The smallest absolute Gasteiger partial charge is 0.0880 e. The van der Waals surface area contributed by atoms with Crippen LogP contribution in [0.4, 0.5) is 11.4 Å². The summed E-state index contributed by atoms with van der Waals surface area (Å²) in [6, 6.07) is 11.6. The molecule has 0 fully saturated rings. The van der Waals surface area contributed by atoms with Crippen LogP contribution in [0.2, 0.25) is 0 Å². The lowest BCUT2D eigenvalue weighted by molar-refractivity contribution is -0.256. The van der Waals surface area contributed by atoms with E-state index in [1.807, 2.05) is 0 Å². The first-order valence-corrected chi connectivity index (χ1v) is 5.86. The van der Waals surface area contributed by atoms with Gasteiger partial charge in [0.05, 0.1) is 23.3 Å². The summed E-state index contributed by atoms with van der Waals surface area (Å²) in [7, 11) is 0. The van der Waals surface area contributed by atoms with Gasteiger partial charge in [0.15, 0.2) is 0 Å². The van der Waals surface area contributed by atoms with E-state index in [0.717, 1.165) is 0 Å². The molecule has 2 aromatic rings. The zero-order valence-corrected chi connectivity index (χ0v) is 10.6. The number of nitrogens with one attached hydrogen (secondary N) is 1. The third kappa shape index (κ3) is 3.87. The van der Waals surface area contributed by atoms with Crippen molar-refractivity contribution in [2.45, 2.75) is 0 Å². The minimum atomic E-state index is -1.30. The van der Waals surface area contributed by atoms with Crippen LogP contribution in [-0.2, 0) is 0 Å². The molecule has 0 aliphatic rings. The number of anilines is 1. The van der Waals surface area contributed by atoms with Gasteiger partial charge in [-0.05, 0) is 35.4 Å². The second-order valence-corrected chi connectivity index (χ2v) is 4.02. The van der Waals surface area contributed by atoms with Gasteiger partial charge in [0.1, 0.15) is 0 Å². The molecule has 0 saturated carbocycles. The lowest BCUT2D eigenvalue weighted by Gasteiger charge is -2.04. The molecular formula is C14H9N3O4-2. The van der Waals surface area contributed by atoms with E-state index in [0.29, 0.717) is 11.4 Å². The first-order valence-electron chi connectivity index (χ1n) is 5.86. The Labute approximate surface area is 119 Å². The highest BCUT2D eigenvalue weighted by molar-refractivity contribution is 5.87. The van der Waals surface area contributed by atoms with Crippen molar-refractivity contribution in [2.24, 2.45) is 10.3 Å². The molecule has 2 aromatic carbocycles. The van der Waals surface area contributed by atoms with Gasteiger partial charge in [-0.2, -0.15) is 0 Å². The van der Waals surface area contributed by atoms with Gasteiger partial charge in [0.2, 0.25) is 0 Å². The van der Waals surface area contributed by atoms with Gasteiger partial charge in [-0.1, -0.05) is 29.5 Å². The van der Waals surface area contributed by atoms with E-state index in [1.54, 1.807) is 12.1 Å². The van der Waals surface area contributed by atoms with Crippen LogP contribution in [0.25, 0.3) is 0 Å². The zero-order valence-electron chi connectivity index (χ0n) is 10.6. The monoisotopic (exact) mass is 283 g/mol. The predicted molar refractivity (Wildman–Crippen MR) is 69.7 cm³/mol. The number of rotatable bonds is 5. The largest absolute Gasteiger partial charge is 0.545 e. The molecule has 1 N–H and O–H groups in total. The second kappa shape index (κ2) is 6.29. The SMILES string of the molecule is O=C([O-])c1cccc(N=NNc2cccc(C(=O)[O-])c2)c1. The van der Waals surface area contributed by atoms with Crippen LogP contribution in [0.5, 0.6) is 0 Å². The fourth-order valence-electron chi connectivity index (χ4n) is 1.55. The number of hydrogen-bond acceptors (Lipinski definition) is 6. The lowest BCUT2D eigenvalue weighted by Crippen LogP contribution is -2.22. The fourth-order valence-corrected chi connectivity index (χ4v) is 1.55. The first-order chi connectivity index (χ1) is 10.1. The molecule has 0 aliphatic heterocycles. The van der Waals surface area contributed by atoms with Crippen LogP contribution in [0.15, 0.2) is 58.9 Å². The summed E-state index contributed by atoms with van der Waals surface area (Å²) in [5.74, 6) is -2.60. The number of carboxylic acids is 2. The molecule has 21 heavy (non-hydrogen) atoms. The Morgan fingerprint density at radius 3 is 2.19 bits per heavy atom. The molecule has 2 rings (SSSR count). The van der Waals surface area contributed by atoms with Crippen molar-refractivity contribution in [2.75, 3.05) is 5.43 Å². The van der Waals surface area contributed by atoms with Gasteiger partial charge in [0.25, 0.3) is 0 Å². The maximum absolute atomic E-state index is 10.7. The Kier molecular flexibility index (Phi) is 4.25. The Bertz CT molecular complexity index is 713. The van der Waals surface area contributed by atoms with Crippen molar-refractivity contribution in [1.29, 1.82) is 0 Å². The summed E-state index contributed by atoms with van der Waals surface area (Å²) in [6.07, 6.45) is 0. The molecular weight excluding hydrogens is 274 g/mol. The normalized spacial score (nSPS) is 10.5. The van der Waals surface area contributed by atoms with Gasteiger partial charge in [-0.25, -0.2) is 0 Å². The fraction of sp³-hybridized carbons (Fsp3) is 0. The summed E-state index contributed by atoms with van der Waals surface area (Å²) in [5.41, 5.74) is 3.27. The van der Waals surface area contributed by atoms with Crippen molar-refractivity contribution < 1.29 is 19.8 Å². The van der Waals surface area contributed by atoms with E-state index in [2.05, 4.69) is 15.8 Å². The van der Waals surface area contributed by atoms with Crippen LogP contribution < -0.4 is 15.6 Å². The molecule has 7 heteroatoms. The number of aromatic carboxylic acids is 2. The number of carbonyl (C=O) groups excluding carboxylic acids is 2. The summed E-state index contributed by atoms with van der Waals surface area (Å²) in [5, 5.41) is 28.8. The van der Waals surface area contributed by atoms with Crippen molar-refractivity contribution >= 4 is 23.3 Å². The highest BCUT2D eigenvalue weighted by Crippen LogP contribution is 2.15. The minimum Gasteiger partial charge on any atom is -0.545 e. The molecule has 0 unspecified atom stereocenters. The number of benzene rings is 2. The van der Waals surface area contributed by atoms with Crippen LogP contribution in [0.3, 0.4) is 0 Å². The third-order valence-corrected chi connectivity index (χ3v) is 2.52. The van der Waals surface area contributed by atoms with Gasteiger partial charge in [0, 0.05) is 0 Å². The average molecular weight is 283 g/mol. The number of carbonyl (C=O) groups is 2. The maximum Gasteiger partial charge on any atom is 0.0880 e. The van der Waals surface area contributed by atoms with E-state index >= 15 is 0 Å². The van der Waals surface area contributed by atoms with Crippen molar-refractivity contribution in [3.05, 3.63) is 59.7 Å². The van der Waals surface area contributed by atoms with Gasteiger partial charge >= 0.3 is 0 Å². The quantitative estimate of drug-likeness (QED) is 0.634. The Balaban J connectivity index is 2.09. The van der Waals surface area contributed by atoms with E-state index < -0.39 is 11.9 Å². The average Bonchev–Trinajstić information content (AvgIpc) is 2.48. The van der Waals surface area contributed by atoms with Crippen LogP contribution in [-0.4, -0.2) is 11.9 Å². The summed E-state index contributed by atoms with van der Waals surface area (Å²) in [4.78, 5) is 21.4. The second-order valence-electron chi connectivity index (χ2n) is 4.02. The van der Waals surface area contributed by atoms with Gasteiger partial charge < -0.3 is 19.8 Å². The molecule has 0 aromatic heterocycles. The predicted octanol–water partition coefficient (Wildman–Crippen LogP) is 0.524. The molecule has 106 valence electrons. The third-order valence-electron chi connectivity index (χ3n) is 2.52. The Morgan fingerprint density at radius 2 is 1.52 bits per heavy atom. The Morgan fingerprint density at radius 1 is 0.905 bits per heavy atom. The standard InChI is InChI=1S/C14H11N3O4/c18-13(19)9-3-1-5-11(7-9)15-17-16-12-6-2-4-10(8-12)14(20)21/h1-8H,(H,15,16)(H,18,19)(H,20,21)/p-2. The molecule has 7 nitrogen and oxygen atoms in total. The van der Waals surface area contributed by atoms with Gasteiger partial charge in [-0.15, -0.1) is 5.11 Å². The maximum atomic E-state index is 10.7. The Hall–Kier alpha value is -3.22. The molecule has 0 heterocycles. The van der Waals surface area contributed by atoms with E-state index in [9.17, 15) is 19.8 Å².